The molecule has 6 nitrogen and oxygen atoms in total. The minimum absolute atomic E-state index is 0.0467. The standard InChI is InChI=1S/C23H22ClF3N4O2/c24-18-6-1-2-7-20(18)31-10-8-30(9-11-31)14-21-29-19(15-33-21)22(32)28-13-16-4-3-5-17(12-16)23(25,26)27/h1-7,12,15H,8-11,13-14H2,(H,28,32). The highest BCUT2D eigenvalue weighted by atomic mass is 35.5. The number of oxazole rings is 1. The van der Waals surface area contributed by atoms with Gasteiger partial charge in [0.05, 0.1) is 22.8 Å². The SMILES string of the molecule is O=C(NCc1cccc(C(F)(F)F)c1)c1coc(CN2CCN(c3ccccc3Cl)CC2)n1. The van der Waals surface area contributed by atoms with Crippen molar-refractivity contribution in [2.24, 2.45) is 0 Å². The van der Waals surface area contributed by atoms with Crippen LogP contribution in [0.25, 0.3) is 0 Å². The van der Waals surface area contributed by atoms with E-state index in [1.54, 1.807) is 0 Å². The maximum Gasteiger partial charge on any atom is 0.416 e. The number of hydrogen-bond donors (Lipinski definition) is 1. The molecule has 10 heteroatoms. The normalized spacial score (nSPS) is 15.0. The van der Waals surface area contributed by atoms with Crippen LogP contribution in [0.1, 0.15) is 27.5 Å². The number of carbonyl (C=O) groups excluding carboxylic acids is 1. The molecule has 1 aliphatic heterocycles. The summed E-state index contributed by atoms with van der Waals surface area (Å²) < 4.78 is 43.9. The Hall–Kier alpha value is -3.04. The molecule has 2 heterocycles. The smallest absolute Gasteiger partial charge is 0.416 e. The molecule has 0 unspecified atom stereocenters. The van der Waals surface area contributed by atoms with Crippen LogP contribution >= 0.6 is 11.6 Å². The van der Waals surface area contributed by atoms with Crippen molar-refractivity contribution in [3.05, 3.63) is 82.5 Å². The third kappa shape index (κ3) is 5.85. The monoisotopic (exact) mass is 478 g/mol. The van der Waals surface area contributed by atoms with Gasteiger partial charge in [0.1, 0.15) is 6.26 Å². The second kappa shape index (κ2) is 9.84. The van der Waals surface area contributed by atoms with Crippen LogP contribution in [0.2, 0.25) is 5.02 Å². The highest BCUT2D eigenvalue weighted by Gasteiger charge is 2.30. The number of nitrogens with zero attached hydrogens (tertiary/aromatic N) is 3. The molecule has 1 N–H and O–H groups in total. The van der Waals surface area contributed by atoms with E-state index in [1.165, 1.54) is 18.4 Å². The maximum atomic E-state index is 12.8. The average molecular weight is 479 g/mol. The van der Waals surface area contributed by atoms with Crippen molar-refractivity contribution in [1.82, 2.24) is 15.2 Å². The summed E-state index contributed by atoms with van der Waals surface area (Å²) in [6.07, 6.45) is -3.17. The first-order valence-corrected chi connectivity index (χ1v) is 10.8. The molecule has 1 saturated heterocycles. The largest absolute Gasteiger partial charge is 0.447 e. The van der Waals surface area contributed by atoms with E-state index in [9.17, 15) is 18.0 Å². The van der Waals surface area contributed by atoms with Crippen LogP contribution < -0.4 is 10.2 Å². The number of carbonyl (C=O) groups is 1. The molecular formula is C23H22ClF3N4O2. The Morgan fingerprint density at radius 2 is 1.85 bits per heavy atom. The van der Waals surface area contributed by atoms with Gasteiger partial charge in [0.15, 0.2) is 5.69 Å². The Balaban J connectivity index is 1.28. The van der Waals surface area contributed by atoms with Crippen LogP contribution in [0.5, 0.6) is 0 Å². The molecule has 3 aromatic rings. The van der Waals surface area contributed by atoms with Gasteiger partial charge in [-0.3, -0.25) is 9.69 Å². The Morgan fingerprint density at radius 3 is 2.58 bits per heavy atom. The first kappa shape index (κ1) is 23.1. The molecule has 0 aliphatic carbocycles. The van der Waals surface area contributed by atoms with Crippen molar-refractivity contribution in [3.63, 3.8) is 0 Å². The number of halogens is 4. The molecular weight excluding hydrogens is 457 g/mol. The van der Waals surface area contributed by atoms with E-state index in [2.05, 4.69) is 20.1 Å². The molecule has 0 saturated carbocycles. The topological polar surface area (TPSA) is 61.6 Å². The lowest BCUT2D eigenvalue weighted by atomic mass is 10.1. The third-order valence-electron chi connectivity index (χ3n) is 5.42. The van der Waals surface area contributed by atoms with Gasteiger partial charge in [-0.05, 0) is 29.8 Å². The predicted molar refractivity (Wildman–Crippen MR) is 118 cm³/mol. The van der Waals surface area contributed by atoms with E-state index in [0.717, 1.165) is 49.0 Å². The molecule has 0 atom stereocenters. The second-order valence-electron chi connectivity index (χ2n) is 7.72. The number of hydrogen-bond acceptors (Lipinski definition) is 5. The summed E-state index contributed by atoms with van der Waals surface area (Å²) in [5.41, 5.74) is 0.687. The number of amides is 1. The van der Waals surface area contributed by atoms with E-state index in [-0.39, 0.29) is 12.2 Å². The minimum Gasteiger partial charge on any atom is -0.447 e. The van der Waals surface area contributed by atoms with Crippen LogP contribution in [-0.4, -0.2) is 42.0 Å². The zero-order valence-corrected chi connectivity index (χ0v) is 18.4. The fourth-order valence-corrected chi connectivity index (χ4v) is 3.92. The quantitative estimate of drug-likeness (QED) is 0.561. The first-order chi connectivity index (χ1) is 15.8. The fourth-order valence-electron chi connectivity index (χ4n) is 3.66. The van der Waals surface area contributed by atoms with Crippen molar-refractivity contribution >= 4 is 23.2 Å². The molecule has 1 aromatic heterocycles. The lowest BCUT2D eigenvalue weighted by Crippen LogP contribution is -2.46. The van der Waals surface area contributed by atoms with Gasteiger partial charge in [-0.2, -0.15) is 13.2 Å². The van der Waals surface area contributed by atoms with E-state index < -0.39 is 17.6 Å². The van der Waals surface area contributed by atoms with Gasteiger partial charge in [-0.15, -0.1) is 0 Å². The Kier molecular flexibility index (Phi) is 6.90. The van der Waals surface area contributed by atoms with Crippen molar-refractivity contribution in [1.29, 1.82) is 0 Å². The number of para-hydroxylation sites is 1. The lowest BCUT2D eigenvalue weighted by Gasteiger charge is -2.35. The van der Waals surface area contributed by atoms with E-state index in [0.29, 0.717) is 18.0 Å². The minimum atomic E-state index is -4.43. The number of anilines is 1. The molecule has 0 radical (unpaired) electrons. The predicted octanol–water partition coefficient (Wildman–Crippen LogP) is 4.60. The average Bonchev–Trinajstić information content (AvgIpc) is 3.27. The number of alkyl halides is 3. The summed E-state index contributed by atoms with van der Waals surface area (Å²) in [5, 5.41) is 3.30. The Labute approximate surface area is 194 Å². The molecule has 4 rings (SSSR count). The highest BCUT2D eigenvalue weighted by molar-refractivity contribution is 6.33. The molecule has 1 aliphatic rings. The van der Waals surface area contributed by atoms with Gasteiger partial charge in [-0.1, -0.05) is 35.9 Å². The van der Waals surface area contributed by atoms with Crippen LogP contribution in [0.3, 0.4) is 0 Å². The molecule has 0 bridgehead atoms. The zero-order chi connectivity index (χ0) is 23.4. The second-order valence-corrected chi connectivity index (χ2v) is 8.13. The lowest BCUT2D eigenvalue weighted by molar-refractivity contribution is -0.137. The van der Waals surface area contributed by atoms with Gasteiger partial charge in [-0.25, -0.2) is 4.98 Å². The molecule has 1 fully saturated rings. The summed E-state index contributed by atoms with van der Waals surface area (Å²) in [7, 11) is 0. The van der Waals surface area contributed by atoms with Crippen molar-refractivity contribution in [3.8, 4) is 0 Å². The zero-order valence-electron chi connectivity index (χ0n) is 17.6. The summed E-state index contributed by atoms with van der Waals surface area (Å²) in [4.78, 5) is 21.0. The Bertz CT molecular complexity index is 1110. The van der Waals surface area contributed by atoms with E-state index in [1.807, 2.05) is 24.3 Å². The van der Waals surface area contributed by atoms with Gasteiger partial charge in [0.25, 0.3) is 5.91 Å². The number of benzene rings is 2. The number of piperazine rings is 1. The maximum absolute atomic E-state index is 12.8. The number of nitrogens with one attached hydrogen (secondary N) is 1. The highest BCUT2D eigenvalue weighted by Crippen LogP contribution is 2.29. The number of rotatable bonds is 6. The Morgan fingerprint density at radius 1 is 1.09 bits per heavy atom. The van der Waals surface area contributed by atoms with Gasteiger partial charge < -0.3 is 14.6 Å². The van der Waals surface area contributed by atoms with Gasteiger partial charge in [0.2, 0.25) is 5.89 Å². The van der Waals surface area contributed by atoms with Gasteiger partial charge >= 0.3 is 6.18 Å². The van der Waals surface area contributed by atoms with Crippen molar-refractivity contribution in [2.45, 2.75) is 19.3 Å². The van der Waals surface area contributed by atoms with Crippen molar-refractivity contribution < 1.29 is 22.4 Å². The molecule has 2 aromatic carbocycles. The molecule has 33 heavy (non-hydrogen) atoms. The fraction of sp³-hybridized carbons (Fsp3) is 0.304. The van der Waals surface area contributed by atoms with Crippen LogP contribution in [0, 0.1) is 0 Å². The third-order valence-corrected chi connectivity index (χ3v) is 5.74. The molecule has 0 spiro atoms. The van der Waals surface area contributed by atoms with Crippen LogP contribution in [0.4, 0.5) is 18.9 Å². The van der Waals surface area contributed by atoms with Gasteiger partial charge in [0, 0.05) is 32.7 Å². The van der Waals surface area contributed by atoms with Crippen LogP contribution in [0.15, 0.2) is 59.2 Å². The molecule has 174 valence electrons. The molecule has 1 amide bonds. The summed E-state index contributed by atoms with van der Waals surface area (Å²) in [6, 6.07) is 12.6. The van der Waals surface area contributed by atoms with E-state index in [4.69, 9.17) is 16.0 Å². The van der Waals surface area contributed by atoms with Crippen molar-refractivity contribution in [2.75, 3.05) is 31.1 Å². The number of aromatic nitrogens is 1. The first-order valence-electron chi connectivity index (χ1n) is 10.4. The van der Waals surface area contributed by atoms with E-state index >= 15 is 0 Å². The summed E-state index contributed by atoms with van der Waals surface area (Å²) >= 11 is 6.28. The summed E-state index contributed by atoms with van der Waals surface area (Å²) in [5.74, 6) is -0.101. The summed E-state index contributed by atoms with van der Waals surface area (Å²) in [6.45, 7) is 3.57. The van der Waals surface area contributed by atoms with Crippen LogP contribution in [-0.2, 0) is 19.3 Å².